The summed E-state index contributed by atoms with van der Waals surface area (Å²) >= 11 is 1.13. The number of phenolic OH excluding ortho intramolecular Hbond substituents is 1. The fourth-order valence-corrected chi connectivity index (χ4v) is 2.23. The molecule has 4 N–H and O–H groups in total. The minimum Gasteiger partial charge on any atom is -0.508 e. The van der Waals surface area contributed by atoms with Crippen LogP contribution in [0.4, 0.5) is 4.39 Å². The molecule has 0 saturated heterocycles. The van der Waals surface area contributed by atoms with Crippen LogP contribution in [0, 0.1) is 5.82 Å². The zero-order valence-electron chi connectivity index (χ0n) is 9.00. The van der Waals surface area contributed by atoms with Crippen LogP contribution in [0.1, 0.15) is 11.7 Å². The summed E-state index contributed by atoms with van der Waals surface area (Å²) in [6, 6.07) is 2.31. The molecule has 0 fully saturated rings. The van der Waals surface area contributed by atoms with E-state index in [0.29, 0.717) is 10.6 Å². The Labute approximate surface area is 105 Å². The fourth-order valence-electron chi connectivity index (χ4n) is 1.39. The number of aromatic hydroxyl groups is 1. The number of aliphatic carboxylic acids is 1. The molecule has 0 amide bonds. The van der Waals surface area contributed by atoms with Crippen LogP contribution in [-0.4, -0.2) is 21.2 Å². The molecule has 7 heteroatoms. The maximum Gasteiger partial charge on any atom is 0.326 e. The Kier molecular flexibility index (Phi) is 3.26. The number of carboxylic acid groups (broad SMARTS) is 1. The van der Waals surface area contributed by atoms with Gasteiger partial charge in [0.05, 0.1) is 5.69 Å². The number of aromatic nitrogens is 1. The van der Waals surface area contributed by atoms with Crippen LogP contribution >= 0.6 is 11.3 Å². The molecule has 0 saturated carbocycles. The lowest BCUT2D eigenvalue weighted by Gasteiger charge is -2.01. The molecule has 94 valence electrons. The van der Waals surface area contributed by atoms with Crippen molar-refractivity contribution in [3.8, 4) is 16.3 Å². The average Bonchev–Trinajstić information content (AvgIpc) is 2.75. The van der Waals surface area contributed by atoms with Crippen molar-refractivity contribution in [3.63, 3.8) is 0 Å². The van der Waals surface area contributed by atoms with E-state index in [2.05, 4.69) is 4.98 Å². The second kappa shape index (κ2) is 4.71. The van der Waals surface area contributed by atoms with Gasteiger partial charge in [-0.3, -0.25) is 4.79 Å². The van der Waals surface area contributed by atoms with Crippen LogP contribution < -0.4 is 5.73 Å². The molecule has 0 bridgehead atoms. The second-order valence-electron chi connectivity index (χ2n) is 3.59. The number of phenols is 1. The summed E-state index contributed by atoms with van der Waals surface area (Å²) in [5.41, 5.74) is 5.99. The normalized spacial score (nSPS) is 12.3. The molecule has 2 rings (SSSR count). The van der Waals surface area contributed by atoms with Gasteiger partial charge in [0.2, 0.25) is 0 Å². The molecule has 0 aliphatic heterocycles. The molecule has 5 nitrogen and oxygen atoms in total. The number of benzene rings is 1. The molecule has 0 aliphatic carbocycles. The Hall–Kier alpha value is -1.99. The lowest BCUT2D eigenvalue weighted by Crippen LogP contribution is -2.20. The van der Waals surface area contributed by atoms with Crippen molar-refractivity contribution >= 4 is 17.3 Å². The van der Waals surface area contributed by atoms with Crippen molar-refractivity contribution < 1.29 is 19.4 Å². The van der Waals surface area contributed by atoms with Crippen molar-refractivity contribution in [2.75, 3.05) is 0 Å². The molecule has 0 radical (unpaired) electrons. The van der Waals surface area contributed by atoms with Crippen LogP contribution in [0.3, 0.4) is 0 Å². The summed E-state index contributed by atoms with van der Waals surface area (Å²) in [5, 5.41) is 19.9. The van der Waals surface area contributed by atoms with E-state index in [1.165, 1.54) is 17.5 Å². The summed E-state index contributed by atoms with van der Waals surface area (Å²) in [5.74, 6) is -2.00. The highest BCUT2D eigenvalue weighted by atomic mass is 32.1. The minimum absolute atomic E-state index is 0.200. The van der Waals surface area contributed by atoms with Gasteiger partial charge in [-0.15, -0.1) is 11.3 Å². The first kappa shape index (κ1) is 12.5. The van der Waals surface area contributed by atoms with Gasteiger partial charge in [-0.25, -0.2) is 9.37 Å². The van der Waals surface area contributed by atoms with Crippen LogP contribution in [0.2, 0.25) is 0 Å². The van der Waals surface area contributed by atoms with Gasteiger partial charge in [0.25, 0.3) is 0 Å². The molecule has 1 aromatic carbocycles. The van der Waals surface area contributed by atoms with Crippen LogP contribution in [-0.2, 0) is 4.79 Å². The summed E-state index contributed by atoms with van der Waals surface area (Å²) < 4.78 is 13.1. The first-order valence-electron chi connectivity index (χ1n) is 4.91. The van der Waals surface area contributed by atoms with E-state index < -0.39 is 17.8 Å². The summed E-state index contributed by atoms with van der Waals surface area (Å²) in [7, 11) is 0. The number of thiazole rings is 1. The van der Waals surface area contributed by atoms with E-state index in [-0.39, 0.29) is 11.4 Å². The van der Waals surface area contributed by atoms with Crippen molar-refractivity contribution in [2.24, 2.45) is 5.73 Å². The molecular formula is C11H9FN2O3S. The fraction of sp³-hybridized carbons (Fsp3) is 0.0909. The standard InChI is InChI=1S/C11H9FN2O3S/c12-6-1-5(2-7(15)3-6)10-14-8(4-18-10)9(13)11(16)17/h1-4,9,15H,13H2,(H,16,17). The number of rotatable bonds is 3. The lowest BCUT2D eigenvalue weighted by molar-refractivity contribution is -0.138. The number of carboxylic acids is 1. The molecular weight excluding hydrogens is 259 g/mol. The minimum atomic E-state index is -1.21. The van der Waals surface area contributed by atoms with Gasteiger partial charge in [0.1, 0.15) is 22.6 Å². The van der Waals surface area contributed by atoms with Gasteiger partial charge in [-0.05, 0) is 12.1 Å². The maximum atomic E-state index is 13.1. The quantitative estimate of drug-likeness (QED) is 0.787. The number of nitrogens with two attached hydrogens (primary N) is 1. The Balaban J connectivity index is 2.37. The van der Waals surface area contributed by atoms with Crippen LogP contribution in [0.5, 0.6) is 5.75 Å². The monoisotopic (exact) mass is 268 g/mol. The van der Waals surface area contributed by atoms with Gasteiger partial charge < -0.3 is 15.9 Å². The molecule has 0 aliphatic rings. The first-order valence-corrected chi connectivity index (χ1v) is 5.79. The molecule has 18 heavy (non-hydrogen) atoms. The van der Waals surface area contributed by atoms with Gasteiger partial charge in [0.15, 0.2) is 0 Å². The van der Waals surface area contributed by atoms with E-state index in [1.807, 2.05) is 0 Å². The SMILES string of the molecule is NC(C(=O)O)c1csc(-c2cc(O)cc(F)c2)n1. The Morgan fingerprint density at radius 2 is 2.17 bits per heavy atom. The average molecular weight is 268 g/mol. The maximum absolute atomic E-state index is 13.1. The summed E-state index contributed by atoms with van der Waals surface area (Å²) in [6.45, 7) is 0. The number of halogens is 1. The smallest absolute Gasteiger partial charge is 0.326 e. The third kappa shape index (κ3) is 2.47. The van der Waals surface area contributed by atoms with E-state index in [0.717, 1.165) is 17.4 Å². The Morgan fingerprint density at radius 1 is 1.44 bits per heavy atom. The molecule has 2 aromatic rings. The Morgan fingerprint density at radius 3 is 2.78 bits per heavy atom. The second-order valence-corrected chi connectivity index (χ2v) is 4.45. The molecule has 1 heterocycles. The Bertz CT molecular complexity index is 579. The zero-order chi connectivity index (χ0) is 13.3. The third-order valence-corrected chi connectivity index (χ3v) is 3.15. The first-order chi connectivity index (χ1) is 8.47. The third-order valence-electron chi connectivity index (χ3n) is 2.24. The highest BCUT2D eigenvalue weighted by Gasteiger charge is 2.18. The predicted molar refractivity (Wildman–Crippen MR) is 63.7 cm³/mol. The molecule has 1 unspecified atom stereocenters. The van der Waals surface area contributed by atoms with Crippen molar-refractivity contribution in [2.45, 2.75) is 6.04 Å². The lowest BCUT2D eigenvalue weighted by atomic mass is 10.2. The number of nitrogens with zero attached hydrogens (tertiary/aromatic N) is 1. The highest BCUT2D eigenvalue weighted by Crippen LogP contribution is 2.29. The summed E-state index contributed by atoms with van der Waals surface area (Å²) in [4.78, 5) is 14.7. The summed E-state index contributed by atoms with van der Waals surface area (Å²) in [6.07, 6.45) is 0. The highest BCUT2D eigenvalue weighted by molar-refractivity contribution is 7.13. The van der Waals surface area contributed by atoms with E-state index in [1.54, 1.807) is 0 Å². The largest absolute Gasteiger partial charge is 0.508 e. The number of hydrogen-bond acceptors (Lipinski definition) is 5. The molecule has 1 aromatic heterocycles. The molecule has 0 spiro atoms. The van der Waals surface area contributed by atoms with E-state index in [4.69, 9.17) is 10.8 Å². The van der Waals surface area contributed by atoms with E-state index in [9.17, 15) is 14.3 Å². The van der Waals surface area contributed by atoms with Gasteiger partial charge in [-0.2, -0.15) is 0 Å². The van der Waals surface area contributed by atoms with Gasteiger partial charge >= 0.3 is 5.97 Å². The predicted octanol–water partition coefficient (Wildman–Crippen LogP) is 1.74. The number of hydrogen-bond donors (Lipinski definition) is 3. The zero-order valence-corrected chi connectivity index (χ0v) is 9.82. The van der Waals surface area contributed by atoms with Crippen LogP contribution in [0.25, 0.3) is 10.6 Å². The van der Waals surface area contributed by atoms with Crippen molar-refractivity contribution in [1.29, 1.82) is 0 Å². The van der Waals surface area contributed by atoms with Gasteiger partial charge in [-0.1, -0.05) is 0 Å². The van der Waals surface area contributed by atoms with Crippen molar-refractivity contribution in [1.82, 2.24) is 4.98 Å². The topological polar surface area (TPSA) is 96.4 Å². The number of carbonyl (C=O) groups is 1. The van der Waals surface area contributed by atoms with Gasteiger partial charge in [0, 0.05) is 17.0 Å². The van der Waals surface area contributed by atoms with Crippen molar-refractivity contribution in [3.05, 3.63) is 35.1 Å². The van der Waals surface area contributed by atoms with E-state index >= 15 is 0 Å². The molecule has 1 atom stereocenters. The van der Waals surface area contributed by atoms with Crippen LogP contribution in [0.15, 0.2) is 23.6 Å².